The molecule has 156 valence electrons. The zero-order valence-corrected chi connectivity index (χ0v) is 18.3. The van der Waals surface area contributed by atoms with Crippen molar-refractivity contribution in [2.45, 2.75) is 29.0 Å². The van der Waals surface area contributed by atoms with Gasteiger partial charge in [0, 0.05) is 32.2 Å². The Bertz CT molecular complexity index is 939. The lowest BCUT2D eigenvalue weighted by Gasteiger charge is -2.34. The molecule has 11 heteroatoms. The number of amides is 1. The SMILES string of the molecule is O=C(CSc1nnc(NC2CC2)s1)N1CCN(S(=O)(=O)Cc2ccccc2)CC1. The topological polar surface area (TPSA) is 95.5 Å². The van der Waals surface area contributed by atoms with Gasteiger partial charge in [0.15, 0.2) is 4.34 Å². The van der Waals surface area contributed by atoms with E-state index in [9.17, 15) is 13.2 Å². The molecule has 1 aliphatic heterocycles. The summed E-state index contributed by atoms with van der Waals surface area (Å²) in [5, 5.41) is 12.3. The second-order valence-electron chi connectivity index (χ2n) is 7.10. The van der Waals surface area contributed by atoms with Crippen molar-refractivity contribution < 1.29 is 13.2 Å². The number of hydrogen-bond acceptors (Lipinski definition) is 8. The first-order chi connectivity index (χ1) is 14.0. The van der Waals surface area contributed by atoms with Crippen molar-refractivity contribution in [1.29, 1.82) is 0 Å². The molecule has 1 saturated heterocycles. The third kappa shape index (κ3) is 5.68. The van der Waals surface area contributed by atoms with Crippen molar-refractivity contribution >= 4 is 44.2 Å². The van der Waals surface area contributed by atoms with Crippen LogP contribution in [0.2, 0.25) is 0 Å². The normalized spacial score (nSPS) is 18.0. The van der Waals surface area contributed by atoms with Crippen LogP contribution in [-0.4, -0.2) is 71.7 Å². The zero-order chi connectivity index (χ0) is 20.3. The van der Waals surface area contributed by atoms with Gasteiger partial charge in [0.2, 0.25) is 21.1 Å². The Morgan fingerprint density at radius 3 is 2.55 bits per heavy atom. The number of hydrogen-bond donors (Lipinski definition) is 1. The highest BCUT2D eigenvalue weighted by Gasteiger charge is 2.29. The number of nitrogens with zero attached hydrogens (tertiary/aromatic N) is 4. The summed E-state index contributed by atoms with van der Waals surface area (Å²) in [6.07, 6.45) is 2.35. The highest BCUT2D eigenvalue weighted by atomic mass is 32.2. The molecule has 4 rings (SSSR count). The number of carbonyl (C=O) groups is 1. The Morgan fingerprint density at radius 2 is 1.86 bits per heavy atom. The minimum Gasteiger partial charge on any atom is -0.357 e. The first-order valence-corrected chi connectivity index (χ1v) is 12.9. The van der Waals surface area contributed by atoms with E-state index in [0.717, 1.165) is 15.0 Å². The van der Waals surface area contributed by atoms with Crippen molar-refractivity contribution in [3.63, 3.8) is 0 Å². The van der Waals surface area contributed by atoms with Crippen LogP contribution in [-0.2, 0) is 20.6 Å². The van der Waals surface area contributed by atoms with Gasteiger partial charge in [-0.2, -0.15) is 4.31 Å². The molecule has 1 aromatic heterocycles. The lowest BCUT2D eigenvalue weighted by atomic mass is 10.2. The van der Waals surface area contributed by atoms with Gasteiger partial charge in [0.25, 0.3) is 0 Å². The Kier molecular flexibility index (Phi) is 6.38. The van der Waals surface area contributed by atoms with Crippen LogP contribution in [0.3, 0.4) is 0 Å². The van der Waals surface area contributed by atoms with E-state index in [2.05, 4.69) is 15.5 Å². The lowest BCUT2D eigenvalue weighted by Crippen LogP contribution is -2.51. The summed E-state index contributed by atoms with van der Waals surface area (Å²) in [5.74, 6) is 0.280. The molecule has 0 spiro atoms. The monoisotopic (exact) mass is 453 g/mol. The predicted octanol–water partition coefficient (Wildman–Crippen LogP) is 1.88. The number of carbonyl (C=O) groups excluding carboxylic acids is 1. The Labute approximate surface area is 178 Å². The summed E-state index contributed by atoms with van der Waals surface area (Å²) in [6.45, 7) is 1.50. The van der Waals surface area contributed by atoms with Gasteiger partial charge in [-0.05, 0) is 18.4 Å². The fourth-order valence-corrected chi connectivity index (χ4v) is 6.28. The standard InChI is InChI=1S/C18H23N5O3S3/c24-16(12-27-18-21-20-17(28-18)19-15-6-7-15)22-8-10-23(11-9-22)29(25,26)13-14-4-2-1-3-5-14/h1-5,15H,6-13H2,(H,19,20). The molecule has 0 unspecified atom stereocenters. The van der Waals surface area contributed by atoms with Crippen LogP contribution in [0.1, 0.15) is 18.4 Å². The van der Waals surface area contributed by atoms with Crippen molar-refractivity contribution in [1.82, 2.24) is 19.4 Å². The van der Waals surface area contributed by atoms with Gasteiger partial charge in [0.05, 0.1) is 11.5 Å². The Hall–Kier alpha value is -1.69. The van der Waals surface area contributed by atoms with Gasteiger partial charge in [-0.25, -0.2) is 8.42 Å². The molecule has 2 aromatic rings. The van der Waals surface area contributed by atoms with Crippen LogP contribution < -0.4 is 5.32 Å². The van der Waals surface area contributed by atoms with Crippen molar-refractivity contribution in [2.75, 3.05) is 37.2 Å². The smallest absolute Gasteiger partial charge is 0.233 e. The Morgan fingerprint density at radius 1 is 1.14 bits per heavy atom. The van der Waals surface area contributed by atoms with Crippen LogP contribution in [0.25, 0.3) is 0 Å². The average molecular weight is 454 g/mol. The van der Waals surface area contributed by atoms with Crippen molar-refractivity contribution in [3.8, 4) is 0 Å². The average Bonchev–Trinajstić information content (AvgIpc) is 3.42. The van der Waals surface area contributed by atoms with Crippen LogP contribution in [0.5, 0.6) is 0 Å². The predicted molar refractivity (Wildman–Crippen MR) is 114 cm³/mol. The molecule has 2 heterocycles. The first-order valence-electron chi connectivity index (χ1n) is 9.52. The number of benzene rings is 1. The van der Waals surface area contributed by atoms with Crippen LogP contribution in [0.4, 0.5) is 5.13 Å². The minimum absolute atomic E-state index is 0.00186. The largest absolute Gasteiger partial charge is 0.357 e. The highest BCUT2D eigenvalue weighted by Crippen LogP contribution is 2.30. The lowest BCUT2D eigenvalue weighted by molar-refractivity contribution is -0.129. The van der Waals surface area contributed by atoms with E-state index >= 15 is 0 Å². The zero-order valence-electron chi connectivity index (χ0n) is 15.9. The van der Waals surface area contributed by atoms with E-state index in [0.29, 0.717) is 32.2 Å². The molecule has 1 aromatic carbocycles. The maximum atomic E-state index is 12.6. The molecule has 8 nitrogen and oxygen atoms in total. The van der Waals surface area contributed by atoms with E-state index in [4.69, 9.17) is 0 Å². The molecule has 29 heavy (non-hydrogen) atoms. The maximum Gasteiger partial charge on any atom is 0.233 e. The fraction of sp³-hybridized carbons (Fsp3) is 0.500. The molecule has 1 aliphatic carbocycles. The summed E-state index contributed by atoms with van der Waals surface area (Å²) in [6, 6.07) is 9.69. The summed E-state index contributed by atoms with van der Waals surface area (Å²) in [4.78, 5) is 14.2. The molecule has 1 amide bonds. The van der Waals surface area contributed by atoms with E-state index < -0.39 is 10.0 Å². The second kappa shape index (κ2) is 8.99. The van der Waals surface area contributed by atoms with Crippen molar-refractivity contribution in [3.05, 3.63) is 35.9 Å². The van der Waals surface area contributed by atoms with E-state index in [1.807, 2.05) is 30.3 Å². The summed E-state index contributed by atoms with van der Waals surface area (Å²) in [7, 11) is -3.38. The molecule has 2 fully saturated rings. The van der Waals surface area contributed by atoms with E-state index in [1.54, 1.807) is 4.90 Å². The highest BCUT2D eigenvalue weighted by molar-refractivity contribution is 8.01. The number of sulfonamides is 1. The van der Waals surface area contributed by atoms with Gasteiger partial charge in [0.1, 0.15) is 0 Å². The molecule has 0 atom stereocenters. The van der Waals surface area contributed by atoms with E-state index in [1.165, 1.54) is 40.2 Å². The molecule has 2 aliphatic rings. The maximum absolute atomic E-state index is 12.6. The second-order valence-corrected chi connectivity index (χ2v) is 11.3. The number of anilines is 1. The van der Waals surface area contributed by atoms with Gasteiger partial charge >= 0.3 is 0 Å². The molecule has 0 radical (unpaired) electrons. The third-order valence-electron chi connectivity index (χ3n) is 4.81. The third-order valence-corrected chi connectivity index (χ3v) is 8.63. The van der Waals surface area contributed by atoms with Gasteiger partial charge in [-0.15, -0.1) is 10.2 Å². The van der Waals surface area contributed by atoms with Crippen LogP contribution in [0, 0.1) is 0 Å². The quantitative estimate of drug-likeness (QED) is 0.610. The minimum atomic E-state index is -3.38. The van der Waals surface area contributed by atoms with E-state index in [-0.39, 0.29) is 17.4 Å². The van der Waals surface area contributed by atoms with Crippen molar-refractivity contribution in [2.24, 2.45) is 0 Å². The van der Waals surface area contributed by atoms with Gasteiger partial charge in [-0.1, -0.05) is 53.4 Å². The molecular formula is C18H23N5O3S3. The number of nitrogens with one attached hydrogen (secondary N) is 1. The summed E-state index contributed by atoms with van der Waals surface area (Å²) < 4.78 is 27.5. The van der Waals surface area contributed by atoms with Crippen LogP contribution >= 0.6 is 23.1 Å². The van der Waals surface area contributed by atoms with Gasteiger partial charge in [-0.3, -0.25) is 4.79 Å². The number of rotatable bonds is 8. The first kappa shape index (κ1) is 20.6. The van der Waals surface area contributed by atoms with Gasteiger partial charge < -0.3 is 10.2 Å². The molecular weight excluding hydrogens is 430 g/mol. The summed E-state index contributed by atoms with van der Waals surface area (Å²) in [5.41, 5.74) is 0.773. The van der Waals surface area contributed by atoms with Crippen LogP contribution in [0.15, 0.2) is 34.7 Å². The molecule has 1 N–H and O–H groups in total. The number of aromatic nitrogens is 2. The fourth-order valence-electron chi connectivity index (χ4n) is 3.04. The summed E-state index contributed by atoms with van der Waals surface area (Å²) >= 11 is 2.85. The Balaban J connectivity index is 1.23. The number of thioether (sulfide) groups is 1. The number of piperazine rings is 1. The molecule has 0 bridgehead atoms. The molecule has 1 saturated carbocycles.